The number of rotatable bonds is 6. The minimum Gasteiger partial charge on any atom is -0.458 e. The molecule has 19 heavy (non-hydrogen) atoms. The van der Waals surface area contributed by atoms with Crippen LogP contribution in [0.1, 0.15) is 32.6 Å². The Morgan fingerprint density at radius 3 is 2.53 bits per heavy atom. The molecule has 0 aromatic carbocycles. The van der Waals surface area contributed by atoms with Crippen LogP contribution in [0.2, 0.25) is 19.6 Å². The lowest BCUT2D eigenvalue weighted by Gasteiger charge is -2.19. The zero-order chi connectivity index (χ0) is 14.6. The molecule has 4 heteroatoms. The van der Waals surface area contributed by atoms with Crippen LogP contribution in [0.5, 0.6) is 0 Å². The number of carbonyl (C=O) groups excluding carboxylic acids is 1. The normalized spacial score (nSPS) is 26.3. The number of hydrogen-bond donors (Lipinski definition) is 0. The number of hydrogen-bond acceptors (Lipinski definition) is 2. The molecule has 1 fully saturated rings. The second-order valence-electron chi connectivity index (χ2n) is 6.18. The monoisotopic (exact) mass is 300 g/mol. The molecule has 1 heterocycles. The van der Waals surface area contributed by atoms with Crippen LogP contribution in [-0.4, -0.2) is 20.1 Å². The first-order chi connectivity index (χ1) is 8.82. The molecule has 0 aromatic rings. The Morgan fingerprint density at radius 1 is 1.42 bits per heavy atom. The molecule has 1 aliphatic rings. The van der Waals surface area contributed by atoms with E-state index in [0.717, 1.165) is 23.9 Å². The van der Waals surface area contributed by atoms with Crippen molar-refractivity contribution in [1.82, 2.24) is 0 Å². The molecule has 0 radical (unpaired) electrons. The summed E-state index contributed by atoms with van der Waals surface area (Å²) in [5.74, 6) is -0.276. The third-order valence-corrected chi connectivity index (χ3v) is 6.94. The SMILES string of the molecule is C=C[C@@H]1/C(=C(/Cl)[Si](C)(C)C)C(=O)O[C@@H]1CCCCC. The van der Waals surface area contributed by atoms with Crippen molar-refractivity contribution in [2.75, 3.05) is 0 Å². The van der Waals surface area contributed by atoms with Crippen molar-refractivity contribution < 1.29 is 9.53 Å². The van der Waals surface area contributed by atoms with Gasteiger partial charge >= 0.3 is 5.97 Å². The van der Waals surface area contributed by atoms with Gasteiger partial charge in [0, 0.05) is 10.6 Å². The molecular weight excluding hydrogens is 276 g/mol. The van der Waals surface area contributed by atoms with E-state index in [1.807, 2.05) is 6.08 Å². The molecule has 0 saturated carbocycles. The Kier molecular flexibility index (Phi) is 5.87. The molecule has 0 aromatic heterocycles. The Bertz CT molecular complexity index is 382. The van der Waals surface area contributed by atoms with Gasteiger partial charge in [0.2, 0.25) is 0 Å². The molecule has 2 atom stereocenters. The van der Waals surface area contributed by atoms with Gasteiger partial charge in [-0.3, -0.25) is 0 Å². The largest absolute Gasteiger partial charge is 0.458 e. The lowest BCUT2D eigenvalue weighted by molar-refractivity contribution is -0.139. The highest BCUT2D eigenvalue weighted by molar-refractivity contribution is 6.91. The summed E-state index contributed by atoms with van der Waals surface area (Å²) < 4.78 is 6.25. The topological polar surface area (TPSA) is 26.3 Å². The van der Waals surface area contributed by atoms with Gasteiger partial charge in [-0.05, 0) is 12.8 Å². The summed E-state index contributed by atoms with van der Waals surface area (Å²) in [6.07, 6.45) is 6.05. The summed E-state index contributed by atoms with van der Waals surface area (Å²) in [5, 5.41) is 0. The van der Waals surface area contributed by atoms with Crippen molar-refractivity contribution in [1.29, 1.82) is 0 Å². The highest BCUT2D eigenvalue weighted by Crippen LogP contribution is 2.37. The lowest BCUT2D eigenvalue weighted by atomic mass is 9.94. The van der Waals surface area contributed by atoms with Gasteiger partial charge in [0.15, 0.2) is 0 Å². The Morgan fingerprint density at radius 2 is 2.05 bits per heavy atom. The summed E-state index contributed by atoms with van der Waals surface area (Å²) in [5.41, 5.74) is 0.664. The van der Waals surface area contributed by atoms with E-state index in [4.69, 9.17) is 16.3 Å². The maximum absolute atomic E-state index is 12.1. The highest BCUT2D eigenvalue weighted by atomic mass is 35.5. The number of esters is 1. The van der Waals surface area contributed by atoms with Crippen LogP contribution in [-0.2, 0) is 9.53 Å². The molecule has 2 nitrogen and oxygen atoms in total. The average Bonchev–Trinajstić information content (AvgIpc) is 2.63. The molecule has 0 unspecified atom stereocenters. The maximum atomic E-state index is 12.1. The van der Waals surface area contributed by atoms with E-state index in [2.05, 4.69) is 33.1 Å². The molecule has 1 saturated heterocycles. The molecule has 108 valence electrons. The predicted octanol–water partition coefficient (Wildman–Crippen LogP) is 4.66. The predicted molar refractivity (Wildman–Crippen MR) is 83.9 cm³/mol. The van der Waals surface area contributed by atoms with E-state index in [0.29, 0.717) is 5.57 Å². The van der Waals surface area contributed by atoms with Gasteiger partial charge in [-0.15, -0.1) is 6.58 Å². The molecule has 0 aliphatic carbocycles. The molecule has 0 N–H and O–H groups in total. The number of carbonyl (C=O) groups is 1. The van der Waals surface area contributed by atoms with E-state index in [9.17, 15) is 4.79 Å². The van der Waals surface area contributed by atoms with Gasteiger partial charge in [0.05, 0.1) is 13.6 Å². The van der Waals surface area contributed by atoms with Crippen LogP contribution < -0.4 is 0 Å². The maximum Gasteiger partial charge on any atom is 0.335 e. The van der Waals surface area contributed by atoms with E-state index >= 15 is 0 Å². The second kappa shape index (κ2) is 6.75. The van der Waals surface area contributed by atoms with Gasteiger partial charge in [0.1, 0.15) is 6.10 Å². The summed E-state index contributed by atoms with van der Waals surface area (Å²) in [7, 11) is -1.70. The third-order valence-electron chi connectivity index (χ3n) is 3.45. The average molecular weight is 301 g/mol. The number of unbranched alkanes of at least 4 members (excludes halogenated alkanes) is 2. The van der Waals surface area contributed by atoms with Crippen molar-refractivity contribution in [3.8, 4) is 0 Å². The molecule has 0 spiro atoms. The molecule has 1 rings (SSSR count). The Balaban J connectivity index is 2.95. The van der Waals surface area contributed by atoms with Gasteiger partial charge in [-0.25, -0.2) is 4.79 Å². The Labute approximate surface area is 122 Å². The summed E-state index contributed by atoms with van der Waals surface area (Å²) in [6, 6.07) is 0. The van der Waals surface area contributed by atoms with Crippen LogP contribution in [0.15, 0.2) is 22.9 Å². The van der Waals surface area contributed by atoms with Crippen molar-refractivity contribution in [2.24, 2.45) is 5.92 Å². The second-order valence-corrected chi connectivity index (χ2v) is 11.9. The minimum absolute atomic E-state index is 0.0384. The number of ether oxygens (including phenoxy) is 1. The van der Waals surface area contributed by atoms with Gasteiger partial charge < -0.3 is 4.74 Å². The first kappa shape index (κ1) is 16.5. The third kappa shape index (κ3) is 3.96. The summed E-state index contributed by atoms with van der Waals surface area (Å²) >= 11 is 6.45. The fraction of sp³-hybridized carbons (Fsp3) is 0.667. The van der Waals surface area contributed by atoms with E-state index in [1.165, 1.54) is 6.42 Å². The zero-order valence-corrected chi connectivity index (χ0v) is 14.2. The van der Waals surface area contributed by atoms with Crippen LogP contribution in [0.25, 0.3) is 0 Å². The van der Waals surface area contributed by atoms with Crippen molar-refractivity contribution in [3.63, 3.8) is 0 Å². The van der Waals surface area contributed by atoms with Gasteiger partial charge in [0.25, 0.3) is 0 Å². The minimum atomic E-state index is -1.70. The molecule has 1 aliphatic heterocycles. The standard InChI is InChI=1S/C15H25ClO2Si/c1-6-8-9-10-12-11(7-2)13(15(17)18-12)14(16)19(3,4)5/h7,11-12H,2,6,8-10H2,1,3-5H3/b14-13+/t11-,12+/m0/s1. The van der Waals surface area contributed by atoms with Crippen molar-refractivity contribution in [2.45, 2.75) is 58.4 Å². The number of halogens is 1. The fourth-order valence-electron chi connectivity index (χ4n) is 2.34. The van der Waals surface area contributed by atoms with E-state index in [-0.39, 0.29) is 18.0 Å². The molecular formula is C15H25ClO2Si. The van der Waals surface area contributed by atoms with Crippen molar-refractivity contribution >= 4 is 25.6 Å². The first-order valence-corrected chi connectivity index (χ1v) is 10.9. The number of cyclic esters (lactones) is 1. The van der Waals surface area contributed by atoms with Crippen LogP contribution >= 0.6 is 11.6 Å². The Hall–Kier alpha value is -0.543. The first-order valence-electron chi connectivity index (χ1n) is 7.06. The van der Waals surface area contributed by atoms with E-state index in [1.54, 1.807) is 0 Å². The fourth-order valence-corrected chi connectivity index (χ4v) is 3.62. The summed E-state index contributed by atoms with van der Waals surface area (Å²) in [4.78, 5) is 12.1. The van der Waals surface area contributed by atoms with E-state index < -0.39 is 8.07 Å². The van der Waals surface area contributed by atoms with Crippen LogP contribution in [0.4, 0.5) is 0 Å². The summed E-state index contributed by atoms with van der Waals surface area (Å²) in [6.45, 7) is 12.4. The van der Waals surface area contributed by atoms with Crippen LogP contribution in [0, 0.1) is 5.92 Å². The molecule has 0 amide bonds. The zero-order valence-electron chi connectivity index (χ0n) is 12.5. The molecule has 0 bridgehead atoms. The van der Waals surface area contributed by atoms with Crippen molar-refractivity contribution in [3.05, 3.63) is 22.9 Å². The lowest BCUT2D eigenvalue weighted by Crippen LogP contribution is -2.25. The quantitative estimate of drug-likeness (QED) is 0.234. The van der Waals surface area contributed by atoms with Gasteiger partial charge in [-0.1, -0.05) is 57.1 Å². The van der Waals surface area contributed by atoms with Gasteiger partial charge in [-0.2, -0.15) is 0 Å². The van der Waals surface area contributed by atoms with Crippen LogP contribution in [0.3, 0.4) is 0 Å². The highest BCUT2D eigenvalue weighted by Gasteiger charge is 2.41. The smallest absolute Gasteiger partial charge is 0.335 e.